The summed E-state index contributed by atoms with van der Waals surface area (Å²) in [5.74, 6) is 1.28. The van der Waals surface area contributed by atoms with Gasteiger partial charge in [0.05, 0.1) is 5.75 Å². The molecule has 0 amide bonds. The highest BCUT2D eigenvalue weighted by Crippen LogP contribution is 2.46. The molecule has 0 bridgehead atoms. The summed E-state index contributed by atoms with van der Waals surface area (Å²) in [7, 11) is -2.93. The Labute approximate surface area is 110 Å². The summed E-state index contributed by atoms with van der Waals surface area (Å²) in [6.45, 7) is 5.63. The van der Waals surface area contributed by atoms with Crippen molar-refractivity contribution in [2.75, 3.05) is 25.1 Å². The topological polar surface area (TPSA) is 84.5 Å². The minimum Gasteiger partial charge on any atom is -0.370 e. The third-order valence-corrected chi connectivity index (χ3v) is 4.27. The van der Waals surface area contributed by atoms with E-state index in [4.69, 9.17) is 5.73 Å². The van der Waals surface area contributed by atoms with Crippen molar-refractivity contribution in [2.24, 2.45) is 22.1 Å². The molecule has 3 N–H and O–H groups in total. The van der Waals surface area contributed by atoms with Crippen molar-refractivity contribution in [3.8, 4) is 0 Å². The minimum absolute atomic E-state index is 0.141. The molecule has 0 spiro atoms. The lowest BCUT2D eigenvalue weighted by Crippen LogP contribution is -2.34. The van der Waals surface area contributed by atoms with Gasteiger partial charge in [0.2, 0.25) is 0 Å². The standard InChI is InChI=1S/C12H25N3O2S/c1-10(2)4-7-14-11(13)15-8-12(5-6-12)9-18(3,16)17/h10H,4-9H2,1-3H3,(H3,13,14,15). The number of nitrogens with two attached hydrogens (primary N) is 1. The van der Waals surface area contributed by atoms with E-state index >= 15 is 0 Å². The molecule has 1 aliphatic rings. The third-order valence-electron chi connectivity index (χ3n) is 3.14. The van der Waals surface area contributed by atoms with Crippen molar-refractivity contribution in [1.29, 1.82) is 0 Å². The number of rotatable bonds is 7. The van der Waals surface area contributed by atoms with Gasteiger partial charge < -0.3 is 11.1 Å². The maximum absolute atomic E-state index is 11.3. The SMILES string of the molecule is CC(C)CCNC(N)=NCC1(CS(C)(=O)=O)CC1. The Balaban J connectivity index is 2.34. The van der Waals surface area contributed by atoms with Crippen LogP contribution in [0.5, 0.6) is 0 Å². The van der Waals surface area contributed by atoms with Crippen LogP contribution in [0.2, 0.25) is 0 Å². The summed E-state index contributed by atoms with van der Waals surface area (Å²) in [4.78, 5) is 4.26. The molecule has 0 aliphatic heterocycles. The average molecular weight is 275 g/mol. The minimum atomic E-state index is -2.93. The summed E-state index contributed by atoms with van der Waals surface area (Å²) in [6.07, 6.45) is 4.19. The molecule has 0 aromatic heterocycles. The van der Waals surface area contributed by atoms with E-state index in [0.717, 1.165) is 25.8 Å². The average Bonchev–Trinajstić information content (AvgIpc) is 2.92. The van der Waals surface area contributed by atoms with Gasteiger partial charge >= 0.3 is 0 Å². The molecule has 1 rings (SSSR count). The molecule has 0 aromatic rings. The Morgan fingerprint density at radius 2 is 2.06 bits per heavy atom. The fourth-order valence-electron chi connectivity index (χ4n) is 1.88. The number of guanidine groups is 1. The van der Waals surface area contributed by atoms with Crippen molar-refractivity contribution in [3.05, 3.63) is 0 Å². The van der Waals surface area contributed by atoms with Gasteiger partial charge in [-0.25, -0.2) is 8.42 Å². The van der Waals surface area contributed by atoms with Crippen LogP contribution in [0.1, 0.15) is 33.1 Å². The summed E-state index contributed by atoms with van der Waals surface area (Å²) >= 11 is 0. The first-order chi connectivity index (χ1) is 8.22. The molecule has 0 radical (unpaired) electrons. The maximum Gasteiger partial charge on any atom is 0.188 e. The summed E-state index contributed by atoms with van der Waals surface area (Å²) in [5.41, 5.74) is 5.61. The van der Waals surface area contributed by atoms with Crippen LogP contribution in [0, 0.1) is 11.3 Å². The lowest BCUT2D eigenvalue weighted by Gasteiger charge is -2.12. The second-order valence-electron chi connectivity index (χ2n) is 5.88. The number of nitrogens with one attached hydrogen (secondary N) is 1. The second kappa shape index (κ2) is 5.91. The summed E-state index contributed by atoms with van der Waals surface area (Å²) in [5, 5.41) is 3.06. The van der Waals surface area contributed by atoms with Crippen LogP contribution in [0.3, 0.4) is 0 Å². The monoisotopic (exact) mass is 275 g/mol. The second-order valence-corrected chi connectivity index (χ2v) is 8.02. The quantitative estimate of drug-likeness (QED) is 0.531. The zero-order valence-electron chi connectivity index (χ0n) is 11.6. The molecule has 1 fully saturated rings. The molecule has 1 aliphatic carbocycles. The van der Waals surface area contributed by atoms with E-state index in [1.54, 1.807) is 0 Å². The van der Waals surface area contributed by atoms with Crippen molar-refractivity contribution >= 4 is 15.8 Å². The first-order valence-corrected chi connectivity index (χ1v) is 8.50. The Morgan fingerprint density at radius 1 is 1.44 bits per heavy atom. The van der Waals surface area contributed by atoms with E-state index in [1.807, 2.05) is 0 Å². The van der Waals surface area contributed by atoms with Crippen molar-refractivity contribution in [1.82, 2.24) is 5.32 Å². The fraction of sp³-hybridized carbons (Fsp3) is 0.917. The molecule has 6 heteroatoms. The molecule has 0 aromatic carbocycles. The third kappa shape index (κ3) is 6.23. The molecule has 0 atom stereocenters. The van der Waals surface area contributed by atoms with Crippen molar-refractivity contribution in [2.45, 2.75) is 33.1 Å². The van der Waals surface area contributed by atoms with Gasteiger partial charge in [0, 0.05) is 24.8 Å². The Bertz CT molecular complexity index is 398. The lowest BCUT2D eigenvalue weighted by molar-refractivity contribution is 0.548. The Hall–Kier alpha value is -0.780. The van der Waals surface area contributed by atoms with E-state index in [9.17, 15) is 8.42 Å². The lowest BCUT2D eigenvalue weighted by atomic mass is 10.1. The van der Waals surface area contributed by atoms with E-state index in [1.165, 1.54) is 6.26 Å². The van der Waals surface area contributed by atoms with Gasteiger partial charge in [0.25, 0.3) is 0 Å². The van der Waals surface area contributed by atoms with Gasteiger partial charge in [-0.15, -0.1) is 0 Å². The van der Waals surface area contributed by atoms with Gasteiger partial charge in [0.1, 0.15) is 9.84 Å². The first-order valence-electron chi connectivity index (χ1n) is 6.44. The van der Waals surface area contributed by atoms with E-state index in [2.05, 4.69) is 24.2 Å². The van der Waals surface area contributed by atoms with E-state index < -0.39 is 9.84 Å². The molecule has 0 heterocycles. The summed E-state index contributed by atoms with van der Waals surface area (Å²) in [6, 6.07) is 0. The highest BCUT2D eigenvalue weighted by Gasteiger charge is 2.45. The van der Waals surface area contributed by atoms with Crippen molar-refractivity contribution < 1.29 is 8.42 Å². The maximum atomic E-state index is 11.3. The van der Waals surface area contributed by atoms with E-state index in [-0.39, 0.29) is 11.2 Å². The van der Waals surface area contributed by atoms with Gasteiger partial charge in [-0.05, 0) is 25.2 Å². The molecule has 0 unspecified atom stereocenters. The molecule has 106 valence electrons. The molecular weight excluding hydrogens is 250 g/mol. The summed E-state index contributed by atoms with van der Waals surface area (Å²) < 4.78 is 22.6. The van der Waals surface area contributed by atoms with Crippen LogP contribution in [0.15, 0.2) is 4.99 Å². The number of hydrogen-bond donors (Lipinski definition) is 2. The number of sulfone groups is 1. The van der Waals surface area contributed by atoms with Crippen LogP contribution in [0.25, 0.3) is 0 Å². The van der Waals surface area contributed by atoms with Crippen LogP contribution < -0.4 is 11.1 Å². The predicted molar refractivity (Wildman–Crippen MR) is 75.3 cm³/mol. The van der Waals surface area contributed by atoms with Crippen molar-refractivity contribution in [3.63, 3.8) is 0 Å². The smallest absolute Gasteiger partial charge is 0.188 e. The molecule has 1 saturated carbocycles. The van der Waals surface area contributed by atoms with Crippen LogP contribution in [0.4, 0.5) is 0 Å². The number of hydrogen-bond acceptors (Lipinski definition) is 3. The molecule has 0 saturated heterocycles. The largest absolute Gasteiger partial charge is 0.370 e. The van der Waals surface area contributed by atoms with Crippen LogP contribution in [-0.2, 0) is 9.84 Å². The Morgan fingerprint density at radius 3 is 2.50 bits per heavy atom. The zero-order valence-corrected chi connectivity index (χ0v) is 12.4. The molecular formula is C12H25N3O2S. The van der Waals surface area contributed by atoms with Gasteiger partial charge in [-0.2, -0.15) is 0 Å². The van der Waals surface area contributed by atoms with Crippen LogP contribution in [-0.4, -0.2) is 39.5 Å². The normalized spacial score (nSPS) is 19.0. The molecule has 18 heavy (non-hydrogen) atoms. The number of nitrogens with zero attached hydrogens (tertiary/aromatic N) is 1. The highest BCUT2D eigenvalue weighted by atomic mass is 32.2. The first kappa shape index (κ1) is 15.3. The number of aliphatic imine (C=N–C) groups is 1. The Kier molecular flexibility index (Phi) is 5.01. The van der Waals surface area contributed by atoms with E-state index in [0.29, 0.717) is 18.4 Å². The molecule has 5 nitrogen and oxygen atoms in total. The van der Waals surface area contributed by atoms with Gasteiger partial charge in [-0.3, -0.25) is 4.99 Å². The van der Waals surface area contributed by atoms with Crippen LogP contribution >= 0.6 is 0 Å². The zero-order chi connectivity index (χ0) is 13.8. The van der Waals surface area contributed by atoms with Gasteiger partial charge in [0.15, 0.2) is 5.96 Å². The highest BCUT2D eigenvalue weighted by molar-refractivity contribution is 7.90. The predicted octanol–water partition coefficient (Wildman–Crippen LogP) is 0.762. The van der Waals surface area contributed by atoms with Gasteiger partial charge in [-0.1, -0.05) is 13.8 Å². The fourth-order valence-corrected chi connectivity index (χ4v) is 3.37.